The minimum atomic E-state index is 0.901. The molecule has 0 aliphatic carbocycles. The monoisotopic (exact) mass is 262 g/mol. The van der Waals surface area contributed by atoms with Crippen molar-refractivity contribution in [2.75, 3.05) is 7.11 Å². The molecule has 20 heavy (non-hydrogen) atoms. The molecule has 0 radical (unpaired) electrons. The molecule has 0 aliphatic heterocycles. The summed E-state index contributed by atoms with van der Waals surface area (Å²) in [4.78, 5) is 0. The van der Waals surface area contributed by atoms with E-state index in [4.69, 9.17) is 4.74 Å². The van der Waals surface area contributed by atoms with Crippen LogP contribution in [0.2, 0.25) is 0 Å². The molecular weight excluding hydrogens is 244 g/mol. The molecule has 1 nitrogen and oxygen atoms in total. The highest BCUT2D eigenvalue weighted by atomic mass is 16.5. The van der Waals surface area contributed by atoms with Crippen molar-refractivity contribution in [2.45, 2.75) is 13.3 Å². The first kappa shape index (κ1) is 12.7. The molecule has 0 amide bonds. The van der Waals surface area contributed by atoms with Crippen molar-refractivity contribution < 1.29 is 4.74 Å². The summed E-state index contributed by atoms with van der Waals surface area (Å²) in [6.45, 7) is 2.19. The zero-order chi connectivity index (χ0) is 13.9. The van der Waals surface area contributed by atoms with E-state index < -0.39 is 0 Å². The molecule has 0 atom stereocenters. The predicted molar refractivity (Wildman–Crippen MR) is 85.3 cm³/mol. The first-order chi connectivity index (χ1) is 9.80. The minimum absolute atomic E-state index is 0.901. The van der Waals surface area contributed by atoms with E-state index in [2.05, 4.69) is 61.5 Å². The zero-order valence-electron chi connectivity index (χ0n) is 11.9. The van der Waals surface area contributed by atoms with Crippen molar-refractivity contribution in [1.29, 1.82) is 0 Å². The quantitative estimate of drug-likeness (QED) is 0.639. The van der Waals surface area contributed by atoms with Crippen molar-refractivity contribution >= 4 is 10.8 Å². The largest absolute Gasteiger partial charge is 0.497 e. The SMILES string of the molecule is CCc1cccc(-c2ccc3cc(OC)ccc3c2)c1. The number of hydrogen-bond donors (Lipinski definition) is 0. The molecule has 3 rings (SSSR count). The van der Waals surface area contributed by atoms with Crippen LogP contribution in [-0.4, -0.2) is 7.11 Å². The summed E-state index contributed by atoms with van der Waals surface area (Å²) < 4.78 is 5.27. The molecule has 1 heteroatoms. The van der Waals surface area contributed by atoms with Gasteiger partial charge in [0.05, 0.1) is 7.11 Å². The van der Waals surface area contributed by atoms with Gasteiger partial charge in [0.15, 0.2) is 0 Å². The molecule has 3 aromatic carbocycles. The lowest BCUT2D eigenvalue weighted by Gasteiger charge is -2.07. The lowest BCUT2D eigenvalue weighted by molar-refractivity contribution is 0.415. The highest BCUT2D eigenvalue weighted by molar-refractivity contribution is 5.88. The number of rotatable bonds is 3. The fourth-order valence-corrected chi connectivity index (χ4v) is 2.50. The van der Waals surface area contributed by atoms with E-state index in [9.17, 15) is 0 Å². The Labute approximate surface area is 119 Å². The summed E-state index contributed by atoms with van der Waals surface area (Å²) in [6, 6.07) is 21.5. The van der Waals surface area contributed by atoms with Crippen LogP contribution >= 0.6 is 0 Å². The van der Waals surface area contributed by atoms with Gasteiger partial charge in [0.25, 0.3) is 0 Å². The maximum absolute atomic E-state index is 5.27. The fraction of sp³-hybridized carbons (Fsp3) is 0.158. The number of methoxy groups -OCH3 is 1. The maximum atomic E-state index is 5.27. The Bertz CT molecular complexity index is 744. The molecular formula is C19H18O. The van der Waals surface area contributed by atoms with Gasteiger partial charge >= 0.3 is 0 Å². The first-order valence-electron chi connectivity index (χ1n) is 6.97. The van der Waals surface area contributed by atoms with E-state index in [1.807, 2.05) is 6.07 Å². The average Bonchev–Trinajstić information content (AvgIpc) is 2.54. The van der Waals surface area contributed by atoms with Gasteiger partial charge < -0.3 is 4.74 Å². The van der Waals surface area contributed by atoms with E-state index in [1.54, 1.807) is 7.11 Å². The van der Waals surface area contributed by atoms with E-state index in [0.717, 1.165) is 12.2 Å². The zero-order valence-corrected chi connectivity index (χ0v) is 11.9. The number of hydrogen-bond acceptors (Lipinski definition) is 1. The summed E-state index contributed by atoms with van der Waals surface area (Å²) in [5.41, 5.74) is 3.91. The van der Waals surface area contributed by atoms with Gasteiger partial charge in [-0.25, -0.2) is 0 Å². The topological polar surface area (TPSA) is 9.23 Å². The van der Waals surface area contributed by atoms with Gasteiger partial charge in [0, 0.05) is 0 Å². The van der Waals surface area contributed by atoms with Crippen LogP contribution in [-0.2, 0) is 6.42 Å². The van der Waals surface area contributed by atoms with Gasteiger partial charge in [-0.05, 0) is 52.1 Å². The van der Waals surface area contributed by atoms with Crippen LogP contribution in [0.15, 0.2) is 60.7 Å². The Morgan fingerprint density at radius 1 is 0.800 bits per heavy atom. The maximum Gasteiger partial charge on any atom is 0.119 e. The molecule has 0 aliphatic rings. The summed E-state index contributed by atoms with van der Waals surface area (Å²) in [5.74, 6) is 0.901. The van der Waals surface area contributed by atoms with Crippen molar-refractivity contribution in [3.05, 3.63) is 66.2 Å². The van der Waals surface area contributed by atoms with Gasteiger partial charge in [0.2, 0.25) is 0 Å². The van der Waals surface area contributed by atoms with Crippen LogP contribution in [0.25, 0.3) is 21.9 Å². The Hall–Kier alpha value is -2.28. The standard InChI is InChI=1S/C19H18O/c1-3-14-5-4-6-15(11-14)16-7-8-18-13-19(20-2)10-9-17(18)12-16/h4-13H,3H2,1-2H3. The molecule has 0 saturated carbocycles. The highest BCUT2D eigenvalue weighted by Gasteiger charge is 2.02. The van der Waals surface area contributed by atoms with Gasteiger partial charge in [-0.15, -0.1) is 0 Å². The number of ether oxygens (including phenoxy) is 1. The van der Waals surface area contributed by atoms with Crippen LogP contribution in [0.3, 0.4) is 0 Å². The molecule has 0 unspecified atom stereocenters. The Morgan fingerprint density at radius 2 is 1.55 bits per heavy atom. The molecule has 0 N–H and O–H groups in total. The molecule has 0 spiro atoms. The average molecular weight is 262 g/mol. The van der Waals surface area contributed by atoms with Crippen LogP contribution in [0.4, 0.5) is 0 Å². The predicted octanol–water partition coefficient (Wildman–Crippen LogP) is 5.08. The molecule has 0 aromatic heterocycles. The molecule has 0 heterocycles. The molecule has 3 aromatic rings. The minimum Gasteiger partial charge on any atom is -0.497 e. The van der Waals surface area contributed by atoms with Gasteiger partial charge in [-0.3, -0.25) is 0 Å². The summed E-state index contributed by atoms with van der Waals surface area (Å²) in [5, 5.41) is 2.45. The van der Waals surface area contributed by atoms with Crippen LogP contribution in [0, 0.1) is 0 Å². The second-order valence-electron chi connectivity index (χ2n) is 4.98. The van der Waals surface area contributed by atoms with E-state index in [1.165, 1.54) is 27.5 Å². The molecule has 0 bridgehead atoms. The molecule has 0 saturated heterocycles. The van der Waals surface area contributed by atoms with Crippen LogP contribution in [0.1, 0.15) is 12.5 Å². The second kappa shape index (κ2) is 5.38. The number of fused-ring (bicyclic) bond motifs is 1. The normalized spacial score (nSPS) is 10.7. The molecule has 100 valence electrons. The third-order valence-electron chi connectivity index (χ3n) is 3.72. The fourth-order valence-electron chi connectivity index (χ4n) is 2.50. The Morgan fingerprint density at radius 3 is 2.35 bits per heavy atom. The van der Waals surface area contributed by atoms with Crippen molar-refractivity contribution in [2.24, 2.45) is 0 Å². The lowest BCUT2D eigenvalue weighted by Crippen LogP contribution is -1.85. The Balaban J connectivity index is 2.08. The highest BCUT2D eigenvalue weighted by Crippen LogP contribution is 2.27. The smallest absolute Gasteiger partial charge is 0.119 e. The van der Waals surface area contributed by atoms with Gasteiger partial charge in [-0.2, -0.15) is 0 Å². The second-order valence-corrected chi connectivity index (χ2v) is 4.98. The number of aryl methyl sites for hydroxylation is 1. The van der Waals surface area contributed by atoms with E-state index in [0.29, 0.717) is 0 Å². The van der Waals surface area contributed by atoms with E-state index in [-0.39, 0.29) is 0 Å². The van der Waals surface area contributed by atoms with Crippen LogP contribution < -0.4 is 4.74 Å². The van der Waals surface area contributed by atoms with Gasteiger partial charge in [-0.1, -0.05) is 49.4 Å². The summed E-state index contributed by atoms with van der Waals surface area (Å²) in [7, 11) is 1.70. The van der Waals surface area contributed by atoms with Gasteiger partial charge in [0.1, 0.15) is 5.75 Å². The Kier molecular flexibility index (Phi) is 3.42. The van der Waals surface area contributed by atoms with Crippen molar-refractivity contribution in [1.82, 2.24) is 0 Å². The third kappa shape index (κ3) is 2.39. The first-order valence-corrected chi connectivity index (χ1v) is 6.97. The summed E-state index contributed by atoms with van der Waals surface area (Å²) >= 11 is 0. The van der Waals surface area contributed by atoms with Crippen molar-refractivity contribution in [3.63, 3.8) is 0 Å². The number of benzene rings is 3. The van der Waals surface area contributed by atoms with E-state index >= 15 is 0 Å². The van der Waals surface area contributed by atoms with Crippen molar-refractivity contribution in [3.8, 4) is 16.9 Å². The molecule has 0 fully saturated rings. The summed E-state index contributed by atoms with van der Waals surface area (Å²) in [6.07, 6.45) is 1.07. The van der Waals surface area contributed by atoms with Crippen LogP contribution in [0.5, 0.6) is 5.75 Å². The lowest BCUT2D eigenvalue weighted by atomic mass is 9.99. The third-order valence-corrected chi connectivity index (χ3v) is 3.72.